The maximum Gasteiger partial charge on any atom is 0.161 e. The molecule has 19 heavy (non-hydrogen) atoms. The van der Waals surface area contributed by atoms with Gasteiger partial charge in [-0.15, -0.1) is 0 Å². The second-order valence-electron chi connectivity index (χ2n) is 6.10. The highest BCUT2D eigenvalue weighted by Crippen LogP contribution is 2.46. The number of benzene rings is 1. The lowest BCUT2D eigenvalue weighted by atomic mass is 9.66. The van der Waals surface area contributed by atoms with Gasteiger partial charge in [-0.1, -0.05) is 19.3 Å². The summed E-state index contributed by atoms with van der Waals surface area (Å²) in [5, 5.41) is 3.61. The van der Waals surface area contributed by atoms with Crippen LogP contribution in [0, 0.1) is 0 Å². The number of rotatable bonds is 0. The van der Waals surface area contributed by atoms with Gasteiger partial charge in [0.15, 0.2) is 11.5 Å². The van der Waals surface area contributed by atoms with Gasteiger partial charge in [-0.05, 0) is 36.1 Å². The van der Waals surface area contributed by atoms with Crippen molar-refractivity contribution in [1.29, 1.82) is 0 Å². The van der Waals surface area contributed by atoms with Crippen molar-refractivity contribution >= 4 is 0 Å². The Morgan fingerprint density at radius 2 is 1.68 bits per heavy atom. The van der Waals surface area contributed by atoms with Crippen LogP contribution in [-0.4, -0.2) is 19.8 Å². The molecule has 0 saturated heterocycles. The van der Waals surface area contributed by atoms with Crippen molar-refractivity contribution < 1.29 is 9.47 Å². The number of nitrogens with one attached hydrogen (secondary N) is 1. The topological polar surface area (TPSA) is 30.5 Å². The van der Waals surface area contributed by atoms with Crippen LogP contribution in [0.3, 0.4) is 0 Å². The molecule has 0 bridgehead atoms. The molecule has 0 unspecified atom stereocenters. The molecule has 3 nitrogen and oxygen atoms in total. The normalized spacial score (nSPS) is 24.0. The van der Waals surface area contributed by atoms with Gasteiger partial charge < -0.3 is 14.8 Å². The van der Waals surface area contributed by atoms with Crippen LogP contribution in [0.4, 0.5) is 0 Å². The van der Waals surface area contributed by atoms with Crippen molar-refractivity contribution in [2.24, 2.45) is 0 Å². The Labute approximate surface area is 114 Å². The standard InChI is InChI=1S/C16H21NO2/c1-2-4-16(5-3-1)11-17-10-12-8-14-15(9-13(12)16)19-7-6-18-14/h8-9,17H,1-7,10-11H2. The van der Waals surface area contributed by atoms with Crippen molar-refractivity contribution in [3.05, 3.63) is 23.3 Å². The van der Waals surface area contributed by atoms with E-state index in [1.165, 1.54) is 43.2 Å². The Morgan fingerprint density at radius 1 is 0.947 bits per heavy atom. The number of hydrogen-bond acceptors (Lipinski definition) is 3. The predicted molar refractivity (Wildman–Crippen MR) is 73.9 cm³/mol. The molecule has 2 aliphatic heterocycles. The third kappa shape index (κ3) is 1.83. The maximum absolute atomic E-state index is 5.78. The van der Waals surface area contributed by atoms with Crippen LogP contribution in [0.15, 0.2) is 12.1 Å². The largest absolute Gasteiger partial charge is 0.486 e. The molecule has 1 spiro atoms. The fraction of sp³-hybridized carbons (Fsp3) is 0.625. The molecule has 0 aromatic heterocycles. The molecule has 1 fully saturated rings. The number of fused-ring (bicyclic) bond motifs is 3. The summed E-state index contributed by atoms with van der Waals surface area (Å²) >= 11 is 0. The zero-order valence-corrected chi connectivity index (χ0v) is 11.3. The SMILES string of the molecule is c1c2c(cc3c1OCCO3)C1(CCCCC1)CNC2. The Morgan fingerprint density at radius 3 is 2.47 bits per heavy atom. The summed E-state index contributed by atoms with van der Waals surface area (Å²) in [5.41, 5.74) is 3.29. The van der Waals surface area contributed by atoms with E-state index >= 15 is 0 Å². The summed E-state index contributed by atoms with van der Waals surface area (Å²) in [5.74, 6) is 1.89. The third-order valence-corrected chi connectivity index (χ3v) is 4.93. The first kappa shape index (κ1) is 11.6. The quantitative estimate of drug-likeness (QED) is 0.777. The summed E-state index contributed by atoms with van der Waals surface area (Å²) < 4.78 is 11.5. The predicted octanol–water partition coefficient (Wildman–Crippen LogP) is 2.76. The zero-order valence-electron chi connectivity index (χ0n) is 11.3. The average Bonchev–Trinajstić information content (AvgIpc) is 2.47. The first-order chi connectivity index (χ1) is 9.37. The molecule has 2 heterocycles. The molecule has 3 heteroatoms. The first-order valence-electron chi connectivity index (χ1n) is 7.51. The molecular formula is C16H21NO2. The van der Waals surface area contributed by atoms with E-state index in [1.54, 1.807) is 0 Å². The van der Waals surface area contributed by atoms with Crippen LogP contribution >= 0.6 is 0 Å². The van der Waals surface area contributed by atoms with E-state index in [2.05, 4.69) is 17.4 Å². The molecule has 1 N–H and O–H groups in total. The van der Waals surface area contributed by atoms with Gasteiger partial charge in [0.25, 0.3) is 0 Å². The monoisotopic (exact) mass is 259 g/mol. The molecule has 1 aromatic carbocycles. The zero-order chi connectivity index (χ0) is 12.7. The minimum Gasteiger partial charge on any atom is -0.486 e. The van der Waals surface area contributed by atoms with Gasteiger partial charge in [0.2, 0.25) is 0 Å². The molecule has 0 amide bonds. The highest BCUT2D eigenvalue weighted by molar-refractivity contribution is 5.51. The second kappa shape index (κ2) is 4.41. The van der Waals surface area contributed by atoms with E-state index in [-0.39, 0.29) is 0 Å². The van der Waals surface area contributed by atoms with E-state index in [0.717, 1.165) is 24.6 Å². The van der Waals surface area contributed by atoms with E-state index < -0.39 is 0 Å². The van der Waals surface area contributed by atoms with E-state index in [0.29, 0.717) is 18.6 Å². The van der Waals surface area contributed by atoms with Crippen molar-refractivity contribution in [2.45, 2.75) is 44.1 Å². The average molecular weight is 259 g/mol. The van der Waals surface area contributed by atoms with Gasteiger partial charge in [0.1, 0.15) is 13.2 Å². The number of hydrogen-bond donors (Lipinski definition) is 1. The Bertz CT molecular complexity index is 492. The Balaban J connectivity index is 1.81. The van der Waals surface area contributed by atoms with Crippen molar-refractivity contribution in [3.63, 3.8) is 0 Å². The summed E-state index contributed by atoms with van der Waals surface area (Å²) in [4.78, 5) is 0. The van der Waals surface area contributed by atoms with Crippen molar-refractivity contribution in [1.82, 2.24) is 5.32 Å². The number of ether oxygens (including phenoxy) is 2. The molecule has 3 aliphatic rings. The van der Waals surface area contributed by atoms with Crippen LogP contribution in [0.25, 0.3) is 0 Å². The molecular weight excluding hydrogens is 238 g/mol. The molecule has 0 radical (unpaired) electrons. The highest BCUT2D eigenvalue weighted by atomic mass is 16.6. The Kier molecular flexibility index (Phi) is 2.69. The molecule has 1 saturated carbocycles. The minimum atomic E-state index is 0.349. The maximum atomic E-state index is 5.78. The van der Waals surface area contributed by atoms with Crippen LogP contribution in [-0.2, 0) is 12.0 Å². The van der Waals surface area contributed by atoms with E-state index in [1.807, 2.05) is 0 Å². The fourth-order valence-electron chi connectivity index (χ4n) is 3.98. The molecule has 0 atom stereocenters. The van der Waals surface area contributed by atoms with E-state index in [4.69, 9.17) is 9.47 Å². The van der Waals surface area contributed by atoms with Crippen molar-refractivity contribution in [2.75, 3.05) is 19.8 Å². The van der Waals surface area contributed by atoms with Gasteiger partial charge in [0, 0.05) is 18.5 Å². The molecule has 4 rings (SSSR count). The van der Waals surface area contributed by atoms with Crippen LogP contribution in [0.1, 0.15) is 43.2 Å². The summed E-state index contributed by atoms with van der Waals surface area (Å²) in [6.07, 6.45) is 6.73. The van der Waals surface area contributed by atoms with Crippen LogP contribution in [0.5, 0.6) is 11.5 Å². The smallest absolute Gasteiger partial charge is 0.161 e. The summed E-state index contributed by atoms with van der Waals surface area (Å²) in [6.45, 7) is 3.44. The second-order valence-corrected chi connectivity index (χ2v) is 6.10. The van der Waals surface area contributed by atoms with Gasteiger partial charge in [-0.2, -0.15) is 0 Å². The first-order valence-corrected chi connectivity index (χ1v) is 7.51. The van der Waals surface area contributed by atoms with Gasteiger partial charge in [0.05, 0.1) is 0 Å². The lowest BCUT2D eigenvalue weighted by molar-refractivity contribution is 0.169. The minimum absolute atomic E-state index is 0.349. The van der Waals surface area contributed by atoms with Gasteiger partial charge >= 0.3 is 0 Å². The lowest BCUT2D eigenvalue weighted by Crippen LogP contribution is -2.44. The summed E-state index contributed by atoms with van der Waals surface area (Å²) in [7, 11) is 0. The van der Waals surface area contributed by atoms with Gasteiger partial charge in [-0.3, -0.25) is 0 Å². The molecule has 102 valence electrons. The highest BCUT2D eigenvalue weighted by Gasteiger charge is 2.38. The van der Waals surface area contributed by atoms with Crippen LogP contribution < -0.4 is 14.8 Å². The third-order valence-electron chi connectivity index (χ3n) is 4.93. The fourth-order valence-corrected chi connectivity index (χ4v) is 3.98. The molecule has 1 aromatic rings. The van der Waals surface area contributed by atoms with E-state index in [9.17, 15) is 0 Å². The molecule has 1 aliphatic carbocycles. The summed E-state index contributed by atoms with van der Waals surface area (Å²) in [6, 6.07) is 4.47. The lowest BCUT2D eigenvalue weighted by Gasteiger charge is -2.43. The van der Waals surface area contributed by atoms with Crippen LogP contribution in [0.2, 0.25) is 0 Å². The van der Waals surface area contributed by atoms with Gasteiger partial charge in [-0.25, -0.2) is 0 Å². The Hall–Kier alpha value is -1.22. The van der Waals surface area contributed by atoms with Crippen molar-refractivity contribution in [3.8, 4) is 11.5 Å².